The fraction of sp³-hybridized carbons (Fsp3) is 0.897. The lowest BCUT2D eigenvalue weighted by atomic mass is 9.49. The van der Waals surface area contributed by atoms with Gasteiger partial charge in [-0.15, -0.1) is 0 Å². The van der Waals surface area contributed by atoms with Gasteiger partial charge in [0.25, 0.3) is 0 Å². The van der Waals surface area contributed by atoms with Crippen molar-refractivity contribution in [3.05, 3.63) is 11.1 Å². The molecule has 0 aromatic carbocycles. The van der Waals surface area contributed by atoms with Gasteiger partial charge in [0.05, 0.1) is 0 Å². The minimum Gasteiger partial charge on any atom is -0.463 e. The van der Waals surface area contributed by atoms with Gasteiger partial charge in [0.1, 0.15) is 6.10 Å². The summed E-state index contributed by atoms with van der Waals surface area (Å²) >= 11 is 0. The number of hydrogen-bond donors (Lipinski definition) is 0. The van der Waals surface area contributed by atoms with Crippen LogP contribution in [0.25, 0.3) is 0 Å². The van der Waals surface area contributed by atoms with Crippen LogP contribution in [0.2, 0.25) is 0 Å². The quantitative estimate of drug-likeness (QED) is 0.315. The van der Waals surface area contributed by atoms with Crippen LogP contribution in [-0.4, -0.2) is 12.1 Å². The van der Waals surface area contributed by atoms with Crippen molar-refractivity contribution in [1.29, 1.82) is 0 Å². The van der Waals surface area contributed by atoms with Crippen molar-refractivity contribution in [1.82, 2.24) is 0 Å². The molecule has 7 atom stereocenters. The smallest absolute Gasteiger partial charge is 0.302 e. The van der Waals surface area contributed by atoms with E-state index < -0.39 is 0 Å². The number of allylic oxidation sites excluding steroid dienone is 2. The summed E-state index contributed by atoms with van der Waals surface area (Å²) < 4.78 is 5.64. The molecule has 4 aliphatic rings. The Hall–Kier alpha value is -0.790. The molecule has 2 heteroatoms. The molecule has 0 amide bonds. The third-order valence-electron chi connectivity index (χ3n) is 10.5. The normalized spacial score (nSPS) is 40.9. The Bertz CT molecular complexity index is 706. The van der Waals surface area contributed by atoms with Gasteiger partial charge in [-0.25, -0.2) is 0 Å². The van der Waals surface area contributed by atoms with Crippen LogP contribution in [-0.2, 0) is 9.53 Å². The van der Waals surface area contributed by atoms with Crippen molar-refractivity contribution < 1.29 is 9.53 Å². The van der Waals surface area contributed by atoms with E-state index in [1.807, 2.05) is 11.1 Å². The molecule has 4 rings (SSSR count). The SMILES string of the molecule is CC(=O)O[C@@H]1CC[C@@]2(C)[C@@H](CCC3=C4CC[C@H]([C@H](C)CCCC(C)C)[C@@]4(C)CC[C@H]32)C1. The van der Waals surface area contributed by atoms with E-state index in [9.17, 15) is 4.79 Å². The number of hydrogen-bond acceptors (Lipinski definition) is 2. The highest BCUT2D eigenvalue weighted by molar-refractivity contribution is 5.66. The van der Waals surface area contributed by atoms with Gasteiger partial charge in [-0.05, 0) is 98.2 Å². The number of ether oxygens (including phenoxy) is 1. The molecule has 4 aliphatic carbocycles. The highest BCUT2D eigenvalue weighted by atomic mass is 16.5. The molecule has 0 aliphatic heterocycles. The summed E-state index contributed by atoms with van der Waals surface area (Å²) in [6.07, 6.45) is 16.0. The van der Waals surface area contributed by atoms with Crippen molar-refractivity contribution in [3.8, 4) is 0 Å². The first-order chi connectivity index (χ1) is 14.6. The molecule has 0 radical (unpaired) electrons. The third-order valence-corrected chi connectivity index (χ3v) is 10.5. The minimum absolute atomic E-state index is 0.0971. The lowest BCUT2D eigenvalue weighted by Gasteiger charge is -2.57. The largest absolute Gasteiger partial charge is 0.463 e. The van der Waals surface area contributed by atoms with Gasteiger partial charge in [0.2, 0.25) is 0 Å². The maximum atomic E-state index is 11.5. The standard InChI is InChI=1S/C29H48O2/c1-19(2)8-7-9-20(3)25-12-13-26-24-11-10-22-18-23(31-21(4)30)14-16-28(22,5)27(24)15-17-29(25,26)6/h19-20,22-23,25,27H,7-18H2,1-6H3/t20-,22+,23-,25-,27-,28+,29-/m1/s1. The number of carbonyl (C=O) groups excluding carboxylic acids is 1. The van der Waals surface area contributed by atoms with Gasteiger partial charge in [0.15, 0.2) is 0 Å². The van der Waals surface area contributed by atoms with Crippen LogP contribution in [0.4, 0.5) is 0 Å². The molecule has 3 saturated carbocycles. The van der Waals surface area contributed by atoms with Crippen molar-refractivity contribution in [2.45, 2.75) is 125 Å². The average Bonchev–Trinajstić information content (AvgIpc) is 3.05. The first kappa shape index (κ1) is 23.4. The summed E-state index contributed by atoms with van der Waals surface area (Å²) in [5.74, 6) is 4.03. The highest BCUT2D eigenvalue weighted by Gasteiger charge is 2.55. The highest BCUT2D eigenvalue weighted by Crippen LogP contribution is 2.66. The Balaban J connectivity index is 1.50. The van der Waals surface area contributed by atoms with Gasteiger partial charge in [-0.1, -0.05) is 65.0 Å². The zero-order valence-corrected chi connectivity index (χ0v) is 21.3. The van der Waals surface area contributed by atoms with Crippen molar-refractivity contribution in [2.75, 3.05) is 0 Å². The lowest BCUT2D eigenvalue weighted by molar-refractivity contribution is -0.152. The number of carbonyl (C=O) groups is 1. The van der Waals surface area contributed by atoms with Crippen LogP contribution < -0.4 is 0 Å². The van der Waals surface area contributed by atoms with Crippen LogP contribution in [0.1, 0.15) is 119 Å². The molecule has 0 heterocycles. The first-order valence-electron chi connectivity index (χ1n) is 13.5. The van der Waals surface area contributed by atoms with E-state index in [2.05, 4.69) is 34.6 Å². The summed E-state index contributed by atoms with van der Waals surface area (Å²) in [6, 6.07) is 0. The predicted molar refractivity (Wildman–Crippen MR) is 129 cm³/mol. The summed E-state index contributed by atoms with van der Waals surface area (Å²) in [4.78, 5) is 11.5. The van der Waals surface area contributed by atoms with E-state index in [0.29, 0.717) is 10.8 Å². The maximum Gasteiger partial charge on any atom is 0.302 e. The summed E-state index contributed by atoms with van der Waals surface area (Å²) in [6.45, 7) is 14.1. The number of esters is 1. The molecule has 0 saturated heterocycles. The zero-order chi connectivity index (χ0) is 22.4. The van der Waals surface area contributed by atoms with Gasteiger partial charge in [-0.2, -0.15) is 0 Å². The second-order valence-corrected chi connectivity index (χ2v) is 12.7. The predicted octanol–water partition coefficient (Wildman–Crippen LogP) is 8.10. The molecular weight excluding hydrogens is 380 g/mol. The van der Waals surface area contributed by atoms with E-state index in [1.54, 1.807) is 6.92 Å². The van der Waals surface area contributed by atoms with Crippen LogP contribution >= 0.6 is 0 Å². The van der Waals surface area contributed by atoms with Crippen molar-refractivity contribution in [3.63, 3.8) is 0 Å². The summed E-state index contributed by atoms with van der Waals surface area (Å²) in [5.41, 5.74) is 4.71. The number of fused-ring (bicyclic) bond motifs is 4. The maximum absolute atomic E-state index is 11.5. The third kappa shape index (κ3) is 4.26. The Labute approximate surface area is 192 Å². The second-order valence-electron chi connectivity index (χ2n) is 12.7. The molecule has 3 fully saturated rings. The molecule has 2 nitrogen and oxygen atoms in total. The monoisotopic (exact) mass is 428 g/mol. The fourth-order valence-corrected chi connectivity index (χ4v) is 8.79. The molecule has 0 aromatic rings. The van der Waals surface area contributed by atoms with E-state index in [0.717, 1.165) is 42.4 Å². The lowest BCUT2D eigenvalue weighted by Crippen LogP contribution is -2.48. The van der Waals surface area contributed by atoms with Gasteiger partial charge in [-0.3, -0.25) is 4.79 Å². The molecular formula is C29H48O2. The van der Waals surface area contributed by atoms with E-state index in [4.69, 9.17) is 4.74 Å². The van der Waals surface area contributed by atoms with E-state index in [-0.39, 0.29) is 12.1 Å². The van der Waals surface area contributed by atoms with Crippen LogP contribution in [0.15, 0.2) is 11.1 Å². The molecule has 0 aromatic heterocycles. The molecule has 0 spiro atoms. The van der Waals surface area contributed by atoms with Crippen LogP contribution in [0.5, 0.6) is 0 Å². The van der Waals surface area contributed by atoms with Gasteiger partial charge in [0, 0.05) is 6.92 Å². The van der Waals surface area contributed by atoms with Crippen LogP contribution in [0.3, 0.4) is 0 Å². The topological polar surface area (TPSA) is 26.3 Å². The summed E-state index contributed by atoms with van der Waals surface area (Å²) in [7, 11) is 0. The first-order valence-corrected chi connectivity index (χ1v) is 13.5. The van der Waals surface area contributed by atoms with E-state index >= 15 is 0 Å². The average molecular weight is 429 g/mol. The Morgan fingerprint density at radius 1 is 1.03 bits per heavy atom. The second kappa shape index (κ2) is 8.86. The molecule has 0 unspecified atom stereocenters. The van der Waals surface area contributed by atoms with Gasteiger partial charge >= 0.3 is 5.97 Å². The Morgan fingerprint density at radius 2 is 1.81 bits per heavy atom. The summed E-state index contributed by atoms with van der Waals surface area (Å²) in [5, 5.41) is 0. The van der Waals surface area contributed by atoms with Crippen molar-refractivity contribution >= 4 is 5.97 Å². The Morgan fingerprint density at radius 3 is 2.52 bits per heavy atom. The molecule has 31 heavy (non-hydrogen) atoms. The number of rotatable bonds is 6. The van der Waals surface area contributed by atoms with E-state index in [1.165, 1.54) is 64.2 Å². The zero-order valence-electron chi connectivity index (χ0n) is 21.3. The molecule has 0 bridgehead atoms. The van der Waals surface area contributed by atoms with Gasteiger partial charge < -0.3 is 4.74 Å². The Kier molecular flexibility index (Phi) is 6.68. The van der Waals surface area contributed by atoms with Crippen LogP contribution in [0, 0.1) is 40.4 Å². The molecule has 0 N–H and O–H groups in total. The van der Waals surface area contributed by atoms with Crippen molar-refractivity contribution in [2.24, 2.45) is 40.4 Å². The fourth-order valence-electron chi connectivity index (χ4n) is 8.79. The molecule has 176 valence electrons. The minimum atomic E-state index is -0.0971.